The number of rotatable bonds is 7. The van der Waals surface area contributed by atoms with Crippen LogP contribution in [0.4, 0.5) is 4.39 Å². The number of halogens is 2. The van der Waals surface area contributed by atoms with Crippen LogP contribution in [-0.2, 0) is 6.42 Å². The second-order valence-corrected chi connectivity index (χ2v) is 6.17. The topological polar surface area (TPSA) is 62.5 Å². The van der Waals surface area contributed by atoms with Crippen LogP contribution in [0.15, 0.2) is 33.8 Å². The number of nitrogens with one attached hydrogen (secondary N) is 2. The van der Waals surface area contributed by atoms with Crippen LogP contribution in [0.5, 0.6) is 0 Å². The Balaban J connectivity index is 0.00000338. The maximum absolute atomic E-state index is 13.2. The van der Waals surface area contributed by atoms with Gasteiger partial charge in [-0.15, -0.1) is 24.0 Å². The maximum atomic E-state index is 13.2. The van der Waals surface area contributed by atoms with E-state index in [-0.39, 0.29) is 35.7 Å². The second-order valence-electron chi connectivity index (χ2n) is 6.17. The van der Waals surface area contributed by atoms with Crippen molar-refractivity contribution in [2.75, 3.05) is 19.6 Å². The lowest BCUT2D eigenvalue weighted by atomic mass is 10.00. The number of hydrogen-bond donors (Lipinski definition) is 2. The minimum absolute atomic E-state index is 0. The van der Waals surface area contributed by atoms with Crippen LogP contribution >= 0.6 is 24.0 Å². The van der Waals surface area contributed by atoms with E-state index in [0.29, 0.717) is 13.1 Å². The third-order valence-electron chi connectivity index (χ3n) is 4.04. The zero-order chi connectivity index (χ0) is 18.2. The SMILES string of the molecule is CCNC(=NCC(C)c1c(C)noc1C)NCCc1cccc(F)c1.I. The molecule has 26 heavy (non-hydrogen) atoms. The van der Waals surface area contributed by atoms with E-state index in [1.54, 1.807) is 12.1 Å². The zero-order valence-corrected chi connectivity index (χ0v) is 18.1. The van der Waals surface area contributed by atoms with Gasteiger partial charge in [0, 0.05) is 31.1 Å². The van der Waals surface area contributed by atoms with E-state index in [1.165, 1.54) is 6.07 Å². The van der Waals surface area contributed by atoms with Crippen molar-refractivity contribution in [1.29, 1.82) is 0 Å². The summed E-state index contributed by atoms with van der Waals surface area (Å²) in [5.74, 6) is 1.64. The fourth-order valence-electron chi connectivity index (χ4n) is 2.87. The molecule has 0 aliphatic rings. The van der Waals surface area contributed by atoms with Crippen molar-refractivity contribution in [2.24, 2.45) is 4.99 Å². The Morgan fingerprint density at radius 3 is 2.69 bits per heavy atom. The predicted octanol–water partition coefficient (Wildman–Crippen LogP) is 3.95. The lowest BCUT2D eigenvalue weighted by Crippen LogP contribution is -2.38. The number of aliphatic imine (C=N–C) groups is 1. The molecule has 0 saturated carbocycles. The van der Waals surface area contributed by atoms with Crippen molar-refractivity contribution in [3.05, 3.63) is 52.7 Å². The first-order chi connectivity index (χ1) is 12.0. The molecule has 2 rings (SSSR count). The molecule has 1 heterocycles. The molecule has 0 saturated heterocycles. The van der Waals surface area contributed by atoms with Gasteiger partial charge in [-0.3, -0.25) is 4.99 Å². The van der Waals surface area contributed by atoms with E-state index in [0.717, 1.165) is 41.5 Å². The number of aromatic nitrogens is 1. The lowest BCUT2D eigenvalue weighted by Gasteiger charge is -2.13. The highest BCUT2D eigenvalue weighted by molar-refractivity contribution is 14.0. The van der Waals surface area contributed by atoms with E-state index in [9.17, 15) is 4.39 Å². The fraction of sp³-hybridized carbons (Fsp3) is 0.474. The largest absolute Gasteiger partial charge is 0.361 e. The Hall–Kier alpha value is -1.64. The smallest absolute Gasteiger partial charge is 0.191 e. The molecule has 144 valence electrons. The van der Waals surface area contributed by atoms with Gasteiger partial charge in [-0.2, -0.15) is 0 Å². The van der Waals surface area contributed by atoms with Crippen molar-refractivity contribution in [3.63, 3.8) is 0 Å². The molecular weight excluding hydrogens is 446 g/mol. The predicted molar refractivity (Wildman–Crippen MR) is 114 cm³/mol. The van der Waals surface area contributed by atoms with Crippen LogP contribution in [0.25, 0.3) is 0 Å². The molecule has 1 atom stereocenters. The van der Waals surface area contributed by atoms with Crippen LogP contribution < -0.4 is 10.6 Å². The van der Waals surface area contributed by atoms with Gasteiger partial charge in [0.15, 0.2) is 5.96 Å². The number of aryl methyl sites for hydroxylation is 2. The molecule has 0 aliphatic heterocycles. The standard InChI is InChI=1S/C19H27FN4O.HI/c1-5-21-19(22-10-9-16-7-6-8-17(20)11-16)23-12-13(2)18-14(3)24-25-15(18)4;/h6-8,11,13H,5,9-10,12H2,1-4H3,(H2,21,22,23);1H. The van der Waals surface area contributed by atoms with E-state index in [4.69, 9.17) is 4.52 Å². The highest BCUT2D eigenvalue weighted by atomic mass is 127. The molecule has 0 spiro atoms. The summed E-state index contributed by atoms with van der Waals surface area (Å²) < 4.78 is 18.4. The normalized spacial score (nSPS) is 12.4. The number of hydrogen-bond acceptors (Lipinski definition) is 3. The summed E-state index contributed by atoms with van der Waals surface area (Å²) >= 11 is 0. The van der Waals surface area contributed by atoms with Crippen LogP contribution in [-0.4, -0.2) is 30.8 Å². The average molecular weight is 474 g/mol. The van der Waals surface area contributed by atoms with Gasteiger partial charge in [-0.1, -0.05) is 24.2 Å². The molecule has 0 radical (unpaired) electrons. The molecule has 7 heteroatoms. The molecular formula is C19H28FIN4O. The first-order valence-electron chi connectivity index (χ1n) is 8.70. The monoisotopic (exact) mass is 474 g/mol. The van der Waals surface area contributed by atoms with Gasteiger partial charge in [0.1, 0.15) is 11.6 Å². The summed E-state index contributed by atoms with van der Waals surface area (Å²) in [7, 11) is 0. The Bertz CT molecular complexity index is 698. The van der Waals surface area contributed by atoms with Crippen LogP contribution in [0.1, 0.15) is 42.3 Å². The Labute approximate surface area is 171 Å². The van der Waals surface area contributed by atoms with Crippen LogP contribution in [0.2, 0.25) is 0 Å². The number of guanidine groups is 1. The number of benzene rings is 1. The second kappa shape index (κ2) is 11.2. The van der Waals surface area contributed by atoms with Crippen molar-refractivity contribution in [2.45, 2.75) is 40.0 Å². The molecule has 1 aromatic heterocycles. The summed E-state index contributed by atoms with van der Waals surface area (Å²) in [5.41, 5.74) is 3.01. The molecule has 0 amide bonds. The van der Waals surface area contributed by atoms with Gasteiger partial charge in [0.05, 0.1) is 5.69 Å². The van der Waals surface area contributed by atoms with Gasteiger partial charge in [0.25, 0.3) is 0 Å². The van der Waals surface area contributed by atoms with Gasteiger partial charge in [-0.05, 0) is 44.9 Å². The minimum Gasteiger partial charge on any atom is -0.361 e. The molecule has 2 N–H and O–H groups in total. The third kappa shape index (κ3) is 6.59. The van der Waals surface area contributed by atoms with Crippen molar-refractivity contribution in [1.82, 2.24) is 15.8 Å². The summed E-state index contributed by atoms with van der Waals surface area (Å²) in [6.07, 6.45) is 0.738. The van der Waals surface area contributed by atoms with Gasteiger partial charge in [-0.25, -0.2) is 4.39 Å². The van der Waals surface area contributed by atoms with E-state index < -0.39 is 0 Å². The summed E-state index contributed by atoms with van der Waals surface area (Å²) in [6.45, 7) is 10.1. The maximum Gasteiger partial charge on any atom is 0.191 e. The van der Waals surface area contributed by atoms with Crippen molar-refractivity contribution in [3.8, 4) is 0 Å². The summed E-state index contributed by atoms with van der Waals surface area (Å²) in [4.78, 5) is 4.65. The molecule has 2 aromatic rings. The van der Waals surface area contributed by atoms with Gasteiger partial charge < -0.3 is 15.2 Å². The fourth-order valence-corrected chi connectivity index (χ4v) is 2.87. The minimum atomic E-state index is -0.202. The summed E-state index contributed by atoms with van der Waals surface area (Å²) in [6, 6.07) is 6.67. The Kier molecular flexibility index (Phi) is 9.61. The molecule has 1 aromatic carbocycles. The Morgan fingerprint density at radius 2 is 2.08 bits per heavy atom. The Morgan fingerprint density at radius 1 is 1.31 bits per heavy atom. The van der Waals surface area contributed by atoms with E-state index >= 15 is 0 Å². The first kappa shape index (κ1) is 22.4. The molecule has 5 nitrogen and oxygen atoms in total. The van der Waals surface area contributed by atoms with Crippen molar-refractivity contribution >= 4 is 29.9 Å². The van der Waals surface area contributed by atoms with Crippen LogP contribution in [0, 0.1) is 19.7 Å². The zero-order valence-electron chi connectivity index (χ0n) is 15.8. The first-order valence-corrected chi connectivity index (χ1v) is 8.70. The molecule has 1 unspecified atom stereocenters. The number of nitrogens with zero attached hydrogens (tertiary/aromatic N) is 2. The van der Waals surface area contributed by atoms with Gasteiger partial charge in [0.2, 0.25) is 0 Å². The third-order valence-corrected chi connectivity index (χ3v) is 4.04. The van der Waals surface area contributed by atoms with E-state index in [1.807, 2.05) is 26.8 Å². The van der Waals surface area contributed by atoms with Crippen molar-refractivity contribution < 1.29 is 8.91 Å². The molecule has 0 bridgehead atoms. The lowest BCUT2D eigenvalue weighted by molar-refractivity contribution is 0.391. The van der Waals surface area contributed by atoms with Gasteiger partial charge >= 0.3 is 0 Å². The quantitative estimate of drug-likeness (QED) is 0.363. The highest BCUT2D eigenvalue weighted by Crippen LogP contribution is 2.23. The molecule has 0 fully saturated rings. The summed E-state index contributed by atoms with van der Waals surface area (Å²) in [5, 5.41) is 10.5. The van der Waals surface area contributed by atoms with E-state index in [2.05, 4.69) is 27.7 Å². The highest BCUT2D eigenvalue weighted by Gasteiger charge is 2.16. The average Bonchev–Trinajstić information content (AvgIpc) is 2.91. The molecule has 0 aliphatic carbocycles. The van der Waals surface area contributed by atoms with Crippen LogP contribution in [0.3, 0.4) is 0 Å².